The van der Waals surface area contributed by atoms with Crippen LogP contribution in [0.25, 0.3) is 22.6 Å². The number of nitrogens with one attached hydrogen (secondary N) is 1. The predicted octanol–water partition coefficient (Wildman–Crippen LogP) is 2.55. The van der Waals surface area contributed by atoms with E-state index >= 15 is 0 Å². The Morgan fingerprint density at radius 3 is 2.51 bits per heavy atom. The molecular weight excluding hydrogens is 551 g/mol. The zero-order valence-corrected chi connectivity index (χ0v) is 23.4. The van der Waals surface area contributed by atoms with Crippen molar-refractivity contribution in [3.8, 4) is 11.5 Å². The maximum atomic E-state index is 13.2. The largest absolute Gasteiger partial charge is 0.444 e. The summed E-state index contributed by atoms with van der Waals surface area (Å²) in [7, 11) is 2.95. The number of amides is 1. The summed E-state index contributed by atoms with van der Waals surface area (Å²) in [5.74, 6) is 0.844. The van der Waals surface area contributed by atoms with Crippen molar-refractivity contribution < 1.29 is 13.9 Å². The topological polar surface area (TPSA) is 142 Å². The maximum Gasteiger partial charge on any atom is 0.407 e. The Kier molecular flexibility index (Phi) is 6.67. The summed E-state index contributed by atoms with van der Waals surface area (Å²) in [6, 6.07) is 4.75. The van der Waals surface area contributed by atoms with E-state index in [4.69, 9.17) is 32.4 Å². The summed E-state index contributed by atoms with van der Waals surface area (Å²) in [4.78, 5) is 44.5. The molecule has 0 bridgehead atoms. The number of fused-ring (bicyclic) bond motifs is 1. The van der Waals surface area contributed by atoms with Gasteiger partial charge in [-0.3, -0.25) is 18.5 Å². The van der Waals surface area contributed by atoms with Crippen LogP contribution in [-0.4, -0.2) is 59.7 Å². The Morgan fingerprint density at radius 2 is 1.85 bits per heavy atom. The van der Waals surface area contributed by atoms with E-state index in [-0.39, 0.29) is 35.5 Å². The highest BCUT2D eigenvalue weighted by Gasteiger charge is 2.34. The fraction of sp³-hybridized carbons (Fsp3) is 0.417. The normalized spacial score (nSPS) is 14.1. The van der Waals surface area contributed by atoms with Crippen molar-refractivity contribution in [3.05, 3.63) is 55.0 Å². The molecule has 1 aliphatic heterocycles. The summed E-state index contributed by atoms with van der Waals surface area (Å²) in [5, 5.41) is 11.8. The van der Waals surface area contributed by atoms with E-state index in [0.29, 0.717) is 34.6 Å². The molecule has 0 unspecified atom stereocenters. The van der Waals surface area contributed by atoms with Gasteiger partial charge in [0.05, 0.1) is 16.1 Å². The van der Waals surface area contributed by atoms with Gasteiger partial charge in [-0.05, 0) is 39.0 Å². The second-order valence-electron chi connectivity index (χ2n) is 10.3. The molecule has 4 heterocycles. The highest BCUT2D eigenvalue weighted by molar-refractivity contribution is 6.42. The van der Waals surface area contributed by atoms with E-state index < -0.39 is 22.9 Å². The minimum Gasteiger partial charge on any atom is -0.444 e. The number of carbonyl (C=O) groups excluding carboxylic acids is 1. The molecule has 0 spiro atoms. The van der Waals surface area contributed by atoms with Gasteiger partial charge in [-0.15, -0.1) is 10.2 Å². The molecular formula is C24H26Cl2N8O5. The highest BCUT2D eigenvalue weighted by atomic mass is 35.5. The van der Waals surface area contributed by atoms with Gasteiger partial charge in [-0.2, -0.15) is 4.98 Å². The second-order valence-corrected chi connectivity index (χ2v) is 11.1. The number of alkyl carbamates (subject to hydrolysis) is 1. The number of aryl methyl sites for hydroxylation is 1. The van der Waals surface area contributed by atoms with Crippen LogP contribution in [0.1, 0.15) is 26.7 Å². The summed E-state index contributed by atoms with van der Waals surface area (Å²) >= 11 is 12.1. The smallest absolute Gasteiger partial charge is 0.407 e. The van der Waals surface area contributed by atoms with Crippen LogP contribution in [0.5, 0.6) is 0 Å². The third kappa shape index (κ3) is 5.11. The fourth-order valence-electron chi connectivity index (χ4n) is 4.23. The number of imidazole rings is 1. The first-order chi connectivity index (χ1) is 18.3. The summed E-state index contributed by atoms with van der Waals surface area (Å²) in [6.07, 6.45) is -0.516. The first kappa shape index (κ1) is 26.8. The van der Waals surface area contributed by atoms with Crippen LogP contribution >= 0.6 is 23.2 Å². The van der Waals surface area contributed by atoms with Crippen LogP contribution in [-0.2, 0) is 25.4 Å². The first-order valence-electron chi connectivity index (χ1n) is 12.0. The van der Waals surface area contributed by atoms with Gasteiger partial charge in [0.15, 0.2) is 11.2 Å². The molecule has 0 radical (unpaired) electrons. The molecule has 1 fully saturated rings. The predicted molar refractivity (Wildman–Crippen MR) is 144 cm³/mol. The first-order valence-corrected chi connectivity index (χ1v) is 12.8. The summed E-state index contributed by atoms with van der Waals surface area (Å²) in [6.45, 7) is 6.20. The average Bonchev–Trinajstić information content (AvgIpc) is 3.44. The van der Waals surface area contributed by atoms with Crippen molar-refractivity contribution in [2.45, 2.75) is 39.0 Å². The Bertz CT molecular complexity index is 1710. The minimum atomic E-state index is -0.618. The molecule has 1 saturated heterocycles. The van der Waals surface area contributed by atoms with Crippen molar-refractivity contribution in [1.82, 2.24) is 34.2 Å². The number of hydrogen-bond donors (Lipinski definition) is 1. The standard InChI is InChI=1S/C24H26Cl2N8O5/c1-24(2,3)39-22(36)27-13-9-33(10-13)21-28-18-17(20(35)32(5)23(37)31(18)4)34(21)11-16-29-30-19(38-16)12-6-7-14(25)15(26)8-12/h6-8,13H,9-11H2,1-5H3,(H,27,36). The van der Waals surface area contributed by atoms with E-state index in [9.17, 15) is 14.4 Å². The molecule has 1 N–H and O–H groups in total. The van der Waals surface area contributed by atoms with Gasteiger partial charge in [-0.25, -0.2) is 9.59 Å². The molecule has 4 aromatic rings. The van der Waals surface area contributed by atoms with Crippen molar-refractivity contribution in [3.63, 3.8) is 0 Å². The maximum absolute atomic E-state index is 13.2. The van der Waals surface area contributed by atoms with Gasteiger partial charge in [0.2, 0.25) is 17.7 Å². The van der Waals surface area contributed by atoms with Crippen LogP contribution in [0.4, 0.5) is 10.7 Å². The van der Waals surface area contributed by atoms with Gasteiger partial charge < -0.3 is 19.4 Å². The van der Waals surface area contributed by atoms with Gasteiger partial charge >= 0.3 is 11.8 Å². The fourth-order valence-corrected chi connectivity index (χ4v) is 4.53. The number of rotatable bonds is 5. The molecule has 3 aromatic heterocycles. The van der Waals surface area contributed by atoms with Crippen molar-refractivity contribution in [1.29, 1.82) is 0 Å². The van der Waals surface area contributed by atoms with Crippen molar-refractivity contribution in [2.24, 2.45) is 14.1 Å². The SMILES string of the molecule is Cn1c(=O)c2c(nc(N3CC(NC(=O)OC(C)(C)C)C3)n2Cc2nnc(-c3ccc(Cl)c(Cl)c3)o2)n(C)c1=O. The Balaban J connectivity index is 1.48. The third-order valence-corrected chi connectivity index (χ3v) is 6.88. The zero-order valence-electron chi connectivity index (χ0n) is 21.9. The lowest BCUT2D eigenvalue weighted by atomic mass is 10.1. The van der Waals surface area contributed by atoms with Crippen LogP contribution < -0.4 is 21.5 Å². The molecule has 1 aliphatic rings. The van der Waals surface area contributed by atoms with E-state index in [1.165, 1.54) is 11.6 Å². The molecule has 39 heavy (non-hydrogen) atoms. The summed E-state index contributed by atoms with van der Waals surface area (Å²) in [5.41, 5.74) is -0.641. The lowest BCUT2D eigenvalue weighted by Gasteiger charge is -2.40. The van der Waals surface area contributed by atoms with E-state index in [0.717, 1.165) is 4.57 Å². The Hall–Kier alpha value is -3.84. The summed E-state index contributed by atoms with van der Waals surface area (Å²) < 4.78 is 15.2. The number of benzene rings is 1. The lowest BCUT2D eigenvalue weighted by molar-refractivity contribution is 0.0495. The molecule has 5 rings (SSSR count). The second kappa shape index (κ2) is 9.72. The Morgan fingerprint density at radius 1 is 1.13 bits per heavy atom. The quantitative estimate of drug-likeness (QED) is 0.379. The molecule has 0 saturated carbocycles. The Labute approximate surface area is 231 Å². The average molecular weight is 577 g/mol. The molecule has 15 heteroatoms. The van der Waals surface area contributed by atoms with Gasteiger partial charge in [0, 0.05) is 32.7 Å². The van der Waals surface area contributed by atoms with E-state index in [1.807, 2.05) is 4.90 Å². The number of nitrogens with zero attached hydrogens (tertiary/aromatic N) is 7. The minimum absolute atomic E-state index is 0.00819. The highest BCUT2D eigenvalue weighted by Crippen LogP contribution is 2.29. The van der Waals surface area contributed by atoms with Crippen LogP contribution in [0.15, 0.2) is 32.2 Å². The van der Waals surface area contributed by atoms with Crippen LogP contribution in [0, 0.1) is 0 Å². The molecule has 1 aromatic carbocycles. The zero-order chi connectivity index (χ0) is 28.2. The van der Waals surface area contributed by atoms with E-state index in [1.54, 1.807) is 50.6 Å². The van der Waals surface area contributed by atoms with Crippen molar-refractivity contribution in [2.75, 3.05) is 18.0 Å². The number of hydrogen-bond acceptors (Lipinski definition) is 9. The molecule has 0 aliphatic carbocycles. The molecule has 13 nitrogen and oxygen atoms in total. The number of ether oxygens (including phenoxy) is 1. The van der Waals surface area contributed by atoms with Gasteiger partial charge in [0.1, 0.15) is 12.1 Å². The number of aromatic nitrogens is 6. The van der Waals surface area contributed by atoms with Crippen LogP contribution in [0.3, 0.4) is 0 Å². The van der Waals surface area contributed by atoms with Crippen LogP contribution in [0.2, 0.25) is 10.0 Å². The monoisotopic (exact) mass is 576 g/mol. The lowest BCUT2D eigenvalue weighted by Crippen LogP contribution is -2.60. The number of carbonyl (C=O) groups is 1. The number of anilines is 1. The van der Waals surface area contributed by atoms with Gasteiger partial charge in [-0.1, -0.05) is 23.2 Å². The molecule has 0 atom stereocenters. The number of halogens is 2. The van der Waals surface area contributed by atoms with Gasteiger partial charge in [0.25, 0.3) is 5.56 Å². The van der Waals surface area contributed by atoms with Crippen molar-refractivity contribution >= 4 is 46.4 Å². The molecule has 1 amide bonds. The molecule has 206 valence electrons. The third-order valence-electron chi connectivity index (χ3n) is 6.14. The van der Waals surface area contributed by atoms with E-state index in [2.05, 4.69) is 20.5 Å².